The highest BCUT2D eigenvalue weighted by atomic mass is 16.1. The standard InChI is InChI=1S/C9H12O/c1-4-6-7-9(5-2)8(3)10/h4-7H,2H2,1,3H3/b6-4+,9-7+. The van der Waals surface area contributed by atoms with Crippen LogP contribution in [0.1, 0.15) is 13.8 Å². The zero-order valence-corrected chi connectivity index (χ0v) is 6.42. The number of allylic oxidation sites excluding steroid dienone is 5. The number of hydrogen-bond acceptors (Lipinski definition) is 1. The lowest BCUT2D eigenvalue weighted by Crippen LogP contribution is -1.90. The molecule has 0 unspecified atom stereocenters. The average molecular weight is 136 g/mol. The van der Waals surface area contributed by atoms with Crippen molar-refractivity contribution >= 4 is 5.78 Å². The van der Waals surface area contributed by atoms with E-state index in [-0.39, 0.29) is 5.78 Å². The van der Waals surface area contributed by atoms with Crippen LogP contribution in [0.3, 0.4) is 0 Å². The van der Waals surface area contributed by atoms with E-state index in [1.165, 1.54) is 6.92 Å². The van der Waals surface area contributed by atoms with Gasteiger partial charge in [-0.15, -0.1) is 0 Å². The molecule has 0 aromatic heterocycles. The van der Waals surface area contributed by atoms with Gasteiger partial charge in [0.1, 0.15) is 0 Å². The van der Waals surface area contributed by atoms with Crippen molar-refractivity contribution in [2.75, 3.05) is 0 Å². The van der Waals surface area contributed by atoms with Crippen LogP contribution in [-0.4, -0.2) is 5.78 Å². The van der Waals surface area contributed by atoms with Gasteiger partial charge < -0.3 is 0 Å². The maximum Gasteiger partial charge on any atom is 0.159 e. The maximum atomic E-state index is 10.7. The lowest BCUT2D eigenvalue weighted by atomic mass is 10.2. The summed E-state index contributed by atoms with van der Waals surface area (Å²) in [5, 5.41) is 0. The molecule has 0 atom stereocenters. The van der Waals surface area contributed by atoms with Crippen molar-refractivity contribution < 1.29 is 4.79 Å². The smallest absolute Gasteiger partial charge is 0.159 e. The molecule has 0 radical (unpaired) electrons. The van der Waals surface area contributed by atoms with Crippen LogP contribution in [0.4, 0.5) is 0 Å². The van der Waals surface area contributed by atoms with Gasteiger partial charge in [-0.25, -0.2) is 0 Å². The molecule has 54 valence electrons. The normalized spacial score (nSPS) is 12.0. The summed E-state index contributed by atoms with van der Waals surface area (Å²) in [4.78, 5) is 10.7. The zero-order chi connectivity index (χ0) is 7.98. The van der Waals surface area contributed by atoms with Gasteiger partial charge in [0.2, 0.25) is 0 Å². The molecular weight excluding hydrogens is 124 g/mol. The Morgan fingerprint density at radius 2 is 2.10 bits per heavy atom. The number of ketones is 1. The second kappa shape index (κ2) is 4.74. The van der Waals surface area contributed by atoms with Gasteiger partial charge in [-0.2, -0.15) is 0 Å². The van der Waals surface area contributed by atoms with Gasteiger partial charge in [0.25, 0.3) is 0 Å². The Morgan fingerprint density at radius 1 is 1.50 bits per heavy atom. The summed E-state index contributed by atoms with van der Waals surface area (Å²) in [6, 6.07) is 0. The topological polar surface area (TPSA) is 17.1 Å². The van der Waals surface area contributed by atoms with E-state index in [0.717, 1.165) is 0 Å². The van der Waals surface area contributed by atoms with Crippen molar-refractivity contribution in [2.45, 2.75) is 13.8 Å². The minimum Gasteiger partial charge on any atom is -0.295 e. The van der Waals surface area contributed by atoms with E-state index in [1.807, 2.05) is 19.1 Å². The summed E-state index contributed by atoms with van der Waals surface area (Å²) in [6.07, 6.45) is 6.99. The van der Waals surface area contributed by atoms with Crippen molar-refractivity contribution in [1.82, 2.24) is 0 Å². The molecule has 10 heavy (non-hydrogen) atoms. The summed E-state index contributed by atoms with van der Waals surface area (Å²) in [5.74, 6) is 0.0492. The third-order valence-electron chi connectivity index (χ3n) is 1.09. The van der Waals surface area contributed by atoms with Gasteiger partial charge >= 0.3 is 0 Å². The zero-order valence-electron chi connectivity index (χ0n) is 6.42. The molecule has 0 aromatic carbocycles. The number of hydrogen-bond donors (Lipinski definition) is 0. The monoisotopic (exact) mass is 136 g/mol. The molecule has 0 amide bonds. The SMILES string of the molecule is C=C/C(=C\C=C\C)C(C)=O. The van der Waals surface area contributed by atoms with Crippen molar-refractivity contribution in [2.24, 2.45) is 0 Å². The molecule has 1 nitrogen and oxygen atoms in total. The molecule has 0 rings (SSSR count). The highest BCUT2D eigenvalue weighted by Gasteiger charge is 1.93. The van der Waals surface area contributed by atoms with Gasteiger partial charge in [0.05, 0.1) is 0 Å². The van der Waals surface area contributed by atoms with E-state index < -0.39 is 0 Å². The van der Waals surface area contributed by atoms with Gasteiger partial charge in [-0.1, -0.05) is 30.9 Å². The largest absolute Gasteiger partial charge is 0.295 e. The van der Waals surface area contributed by atoms with Gasteiger partial charge in [0, 0.05) is 5.57 Å². The Kier molecular flexibility index (Phi) is 4.21. The van der Waals surface area contributed by atoms with Crippen molar-refractivity contribution in [3.05, 3.63) is 36.5 Å². The quantitative estimate of drug-likeness (QED) is 0.429. The molecule has 0 fully saturated rings. The fourth-order valence-corrected chi connectivity index (χ4v) is 0.529. The maximum absolute atomic E-state index is 10.7. The Morgan fingerprint density at radius 3 is 2.40 bits per heavy atom. The van der Waals surface area contributed by atoms with E-state index in [9.17, 15) is 4.79 Å². The van der Waals surface area contributed by atoms with E-state index in [1.54, 1.807) is 12.2 Å². The molecule has 0 aliphatic rings. The summed E-state index contributed by atoms with van der Waals surface area (Å²) < 4.78 is 0. The second-order valence-corrected chi connectivity index (χ2v) is 1.91. The summed E-state index contributed by atoms with van der Waals surface area (Å²) in [5.41, 5.74) is 0.651. The first-order valence-electron chi connectivity index (χ1n) is 3.18. The first kappa shape index (κ1) is 8.89. The molecular formula is C9H12O. The van der Waals surface area contributed by atoms with Gasteiger partial charge in [-0.05, 0) is 13.8 Å². The van der Waals surface area contributed by atoms with Gasteiger partial charge in [0.15, 0.2) is 5.78 Å². The molecule has 0 saturated carbocycles. The fraction of sp³-hybridized carbons (Fsp3) is 0.222. The molecule has 0 aliphatic heterocycles. The van der Waals surface area contributed by atoms with Crippen LogP contribution in [0.15, 0.2) is 36.5 Å². The Balaban J connectivity index is 4.33. The van der Waals surface area contributed by atoms with Crippen molar-refractivity contribution in [3.63, 3.8) is 0 Å². The molecule has 0 heterocycles. The first-order valence-corrected chi connectivity index (χ1v) is 3.18. The van der Waals surface area contributed by atoms with Crippen LogP contribution >= 0.6 is 0 Å². The fourth-order valence-electron chi connectivity index (χ4n) is 0.529. The summed E-state index contributed by atoms with van der Waals surface area (Å²) >= 11 is 0. The molecule has 0 aliphatic carbocycles. The Hall–Kier alpha value is -1.11. The average Bonchev–Trinajstić information content (AvgIpc) is 1.89. The number of carbonyl (C=O) groups is 1. The summed E-state index contributed by atoms with van der Waals surface area (Å²) in [7, 11) is 0. The van der Waals surface area contributed by atoms with Crippen LogP contribution in [0.5, 0.6) is 0 Å². The predicted octanol–water partition coefficient (Wildman–Crippen LogP) is 2.26. The molecule has 0 N–H and O–H groups in total. The highest BCUT2D eigenvalue weighted by molar-refractivity contribution is 5.96. The minimum absolute atomic E-state index is 0.0492. The van der Waals surface area contributed by atoms with Crippen LogP contribution < -0.4 is 0 Å². The highest BCUT2D eigenvalue weighted by Crippen LogP contribution is 1.96. The van der Waals surface area contributed by atoms with E-state index in [4.69, 9.17) is 0 Å². The molecule has 0 bridgehead atoms. The van der Waals surface area contributed by atoms with E-state index in [2.05, 4.69) is 6.58 Å². The first-order chi connectivity index (χ1) is 4.72. The molecule has 0 spiro atoms. The van der Waals surface area contributed by atoms with Crippen molar-refractivity contribution in [1.29, 1.82) is 0 Å². The molecule has 0 saturated heterocycles. The van der Waals surface area contributed by atoms with Crippen LogP contribution in [0.25, 0.3) is 0 Å². The third-order valence-corrected chi connectivity index (χ3v) is 1.09. The predicted molar refractivity (Wildman–Crippen MR) is 43.8 cm³/mol. The Bertz CT molecular complexity index is 185. The van der Waals surface area contributed by atoms with Crippen molar-refractivity contribution in [3.8, 4) is 0 Å². The van der Waals surface area contributed by atoms with Gasteiger partial charge in [-0.3, -0.25) is 4.79 Å². The third kappa shape index (κ3) is 3.02. The lowest BCUT2D eigenvalue weighted by Gasteiger charge is -1.89. The number of carbonyl (C=O) groups excluding carboxylic acids is 1. The lowest BCUT2D eigenvalue weighted by molar-refractivity contribution is -0.113. The molecule has 0 aromatic rings. The Labute approximate surface area is 61.8 Å². The molecule has 1 heteroatoms. The van der Waals surface area contributed by atoms with Crippen LogP contribution in [0, 0.1) is 0 Å². The summed E-state index contributed by atoms with van der Waals surface area (Å²) in [6.45, 7) is 6.94. The minimum atomic E-state index is 0.0492. The van der Waals surface area contributed by atoms with E-state index >= 15 is 0 Å². The second-order valence-electron chi connectivity index (χ2n) is 1.91. The van der Waals surface area contributed by atoms with E-state index in [0.29, 0.717) is 5.57 Å². The number of Topliss-reactive ketones (excluding diaryl/α,β-unsaturated/α-hetero) is 1. The van der Waals surface area contributed by atoms with Crippen LogP contribution in [0.2, 0.25) is 0 Å². The van der Waals surface area contributed by atoms with Crippen LogP contribution in [-0.2, 0) is 4.79 Å². The number of rotatable bonds is 3.